The van der Waals surface area contributed by atoms with Gasteiger partial charge in [0.15, 0.2) is 23.1 Å². The van der Waals surface area contributed by atoms with E-state index in [1.165, 1.54) is 29.6 Å². The fourth-order valence-corrected chi connectivity index (χ4v) is 13.7. The monoisotopic (exact) mass is 1640 g/mol. The van der Waals surface area contributed by atoms with Crippen LogP contribution in [-0.2, 0) is 83.3 Å². The van der Waals surface area contributed by atoms with Crippen LogP contribution in [0.1, 0.15) is 234 Å². The number of hydrogen-bond donors (Lipinski definition) is 4. The van der Waals surface area contributed by atoms with Crippen LogP contribution in [-0.4, -0.2) is 171 Å². The molecule has 4 aromatic rings. The number of methoxy groups -OCH3 is 4. The second-order valence-corrected chi connectivity index (χ2v) is 32.7. The van der Waals surface area contributed by atoms with Gasteiger partial charge in [-0.15, -0.1) is 0 Å². The van der Waals surface area contributed by atoms with Gasteiger partial charge in [-0.25, -0.2) is 0 Å². The molecule has 0 aromatic heterocycles. The number of aliphatic hydroxyl groups excluding tert-OH is 4. The van der Waals surface area contributed by atoms with E-state index >= 15 is 0 Å². The van der Waals surface area contributed by atoms with Crippen LogP contribution in [0.5, 0.6) is 23.0 Å². The number of ether oxygens (including phenoxy) is 16. The molecule has 4 aliphatic heterocycles. The Labute approximate surface area is 708 Å². The first-order valence-corrected chi connectivity index (χ1v) is 40.7. The van der Waals surface area contributed by atoms with E-state index in [4.69, 9.17) is 81.3 Å². The third-order valence-corrected chi connectivity index (χ3v) is 19.9. The standard InChI is InChI=1S/C24H38O4.2C23H36O5.C22H34O6.4CH4/c1-8-9-22-23(28-24(5,6)27-22)18(4)10-15-21(17(2)3)26-16-19-11-13-20(25-7)14-12-19;1-16(2)20(26-15-18-8-10-19(25-6)11-9-18)12-7-17(3)22-21(13-14-24)27-23(4,5)28-22;1-7-8-21-22(28-23(4,5)27-21)19(24)13-14-20(16(2)3)26-15-17-9-11-18(25-6)12-10-17;1-15(21-20(12-13-23)27-22(3,4)28-21)6-11-19(16(2)24)26-14-17-7-9-18(25-5)10-8-17;;;;/h10-15,17-18,21-23H,8-9,16H2,1-7H3;7-12,16-17,20-22,24H,13-15H2,1-6H3;9-14,16,19-22,24H,7-8,15H2,1-6H3;6-11,15-16,19-21,23-24H,12-14H2,1-5H3;4*1H4/b15-10-;12-7-;14-13-;11-6-;;;;/t18?,21-,22+,23-;17?,20-,21+,22-;19?,20-,21+,22-;15?,16-,19+,20-,21+;;;;/m1110..../s1/i;;;;4*1T. The molecule has 4 saturated heterocycles. The maximum atomic E-state index is 10.7. The predicted molar refractivity (Wildman–Crippen MR) is 468 cm³/mol. The lowest BCUT2D eigenvalue weighted by molar-refractivity contribution is -0.153. The fraction of sp³-hybridized carbons (Fsp3) is 0.667. The Kier molecular flexibility index (Phi) is 46.9. The van der Waals surface area contributed by atoms with Crippen LogP contribution in [0.25, 0.3) is 0 Å². The first-order valence-electron chi connectivity index (χ1n) is 44.7. The van der Waals surface area contributed by atoms with E-state index in [0.717, 1.165) is 70.9 Å². The highest BCUT2D eigenvalue weighted by molar-refractivity contribution is 5.29. The molecule has 17 atom stereocenters. The van der Waals surface area contributed by atoms with Crippen molar-refractivity contribution in [2.75, 3.05) is 41.7 Å². The van der Waals surface area contributed by atoms with E-state index in [0.29, 0.717) is 51.1 Å². The van der Waals surface area contributed by atoms with Crippen molar-refractivity contribution in [2.24, 2.45) is 35.5 Å². The third-order valence-electron chi connectivity index (χ3n) is 19.9. The summed E-state index contributed by atoms with van der Waals surface area (Å²) in [5.41, 5.74) is 4.35. The van der Waals surface area contributed by atoms with Gasteiger partial charge >= 0.3 is 0 Å². The number of hydrogen-bond acceptors (Lipinski definition) is 20. The Hall–Kier alpha value is -5.60. The van der Waals surface area contributed by atoms with Crippen LogP contribution in [0.4, 0.5) is 0 Å². The Bertz CT molecular complexity index is 2900. The first-order chi connectivity index (χ1) is 57.0. The summed E-state index contributed by atoms with van der Waals surface area (Å²) in [6.45, 7) is 42.8. The zero-order valence-corrected chi connectivity index (χ0v) is 76.2. The molecule has 116 heavy (non-hydrogen) atoms. The van der Waals surface area contributed by atoms with Crippen LogP contribution in [0.15, 0.2) is 146 Å². The summed E-state index contributed by atoms with van der Waals surface area (Å²) in [5.74, 6) is 2.38. The van der Waals surface area contributed by atoms with E-state index in [1.807, 2.05) is 178 Å². The zero-order valence-electron chi connectivity index (χ0n) is 80.2. The summed E-state index contributed by atoms with van der Waals surface area (Å²) in [7, 11) is 11.6. The number of benzene rings is 4. The molecule has 4 aromatic carbocycles. The van der Waals surface area contributed by atoms with Crippen molar-refractivity contribution < 1.29 is 102 Å². The van der Waals surface area contributed by atoms with E-state index in [-0.39, 0.29) is 104 Å². The minimum Gasteiger partial charge on any atom is -0.497 e. The van der Waals surface area contributed by atoms with E-state index < -0.39 is 41.5 Å². The minimum atomic E-state index is -0.732. The van der Waals surface area contributed by atoms with Crippen molar-refractivity contribution in [3.63, 3.8) is 0 Å². The molecule has 8 rings (SSSR count). The molecule has 4 heterocycles. The second-order valence-electron chi connectivity index (χ2n) is 32.7. The zero-order chi connectivity index (χ0) is 90.9. The molecule has 4 aliphatic rings. The highest BCUT2D eigenvalue weighted by Gasteiger charge is 2.46. The van der Waals surface area contributed by atoms with Crippen molar-refractivity contribution in [2.45, 2.75) is 342 Å². The molecule has 0 spiro atoms. The second kappa shape index (κ2) is 53.9. The quantitative estimate of drug-likeness (QED) is 0.0303. The molecule has 0 amide bonds. The summed E-state index contributed by atoms with van der Waals surface area (Å²) >= 11 is 0. The van der Waals surface area contributed by atoms with Crippen LogP contribution < -0.4 is 18.9 Å². The van der Waals surface area contributed by atoms with Crippen molar-refractivity contribution in [3.05, 3.63) is 168 Å². The highest BCUT2D eigenvalue weighted by atomic mass is 16.8. The van der Waals surface area contributed by atoms with Gasteiger partial charge in [0.1, 0.15) is 41.3 Å². The Balaban J connectivity index is 0.000000777. The van der Waals surface area contributed by atoms with Gasteiger partial charge in [0.2, 0.25) is 0 Å². The Morgan fingerprint density at radius 3 is 0.793 bits per heavy atom. The average molecular weight is 1640 g/mol. The minimum absolute atomic E-state index is 0.0103. The van der Waals surface area contributed by atoms with Gasteiger partial charge in [0.05, 0.1) is 122 Å². The van der Waals surface area contributed by atoms with Gasteiger partial charge in [-0.2, -0.15) is 0 Å². The number of aliphatic hydroxyl groups is 4. The van der Waals surface area contributed by atoms with Crippen molar-refractivity contribution in [3.8, 4) is 23.0 Å². The fourth-order valence-electron chi connectivity index (χ4n) is 13.7. The summed E-state index contributed by atoms with van der Waals surface area (Å²) in [6.07, 6.45) is 18.8. The average Bonchev–Trinajstić information content (AvgIpc) is 1.69. The van der Waals surface area contributed by atoms with E-state index in [1.54, 1.807) is 41.4 Å². The summed E-state index contributed by atoms with van der Waals surface area (Å²) < 4.78 is 116. The van der Waals surface area contributed by atoms with E-state index in [9.17, 15) is 20.4 Å². The van der Waals surface area contributed by atoms with Gasteiger partial charge < -0.3 is 96.2 Å². The van der Waals surface area contributed by atoms with Gasteiger partial charge in [-0.1, -0.05) is 216 Å². The summed E-state index contributed by atoms with van der Waals surface area (Å²) in [4.78, 5) is 0. The molecule has 0 radical (unpaired) electrons. The first kappa shape index (κ1) is 101. The molecule has 20 heteroatoms. The molecule has 4 fully saturated rings. The lowest BCUT2D eigenvalue weighted by Gasteiger charge is -2.23. The van der Waals surface area contributed by atoms with E-state index in [2.05, 4.69) is 93.5 Å². The largest absolute Gasteiger partial charge is 0.497 e. The Morgan fingerprint density at radius 2 is 0.560 bits per heavy atom. The van der Waals surface area contributed by atoms with Gasteiger partial charge in [0, 0.05) is 36.5 Å². The summed E-state index contributed by atoms with van der Waals surface area (Å²) in [5, 5.41) is 39.4. The third kappa shape index (κ3) is 37.6. The van der Waals surface area contributed by atoms with Crippen molar-refractivity contribution >= 4 is 0 Å². The molecule has 0 aliphatic carbocycles. The SMILES string of the molecule is CCC[C@@H]1OC(C)(C)O[C@@H]1C(C)/C=C\[C@@H](OCc1ccc(OC)cc1)C(C)C.CCC[C@@H]1OC(C)(C)O[C@@H]1C(O)/C=C\[C@@H](OCc1ccc(OC)cc1)C(C)C.COc1ccc(CO[C@H](/C=C\C(C)[C@H]2OC(C)(C)O[C@H]2CCO)C(C)C)cc1.COc1ccc(CO[C@H](/C=C\C(C)[C@H]2OC(C)(C)O[C@H]2CCO)[C@H](C)O)cc1.[3H]C.[3H]C.[3H]C.[3H]C. The van der Waals surface area contributed by atoms with Crippen molar-refractivity contribution in [1.82, 2.24) is 0 Å². The predicted octanol–water partition coefficient (Wildman–Crippen LogP) is 20.2. The molecule has 664 valence electrons. The lowest BCUT2D eigenvalue weighted by Crippen LogP contribution is -2.34. The smallest absolute Gasteiger partial charge is 0.163 e. The topological polar surface area (TPSA) is 229 Å². The normalized spacial score (nSPS) is 23.6. The molecule has 4 N–H and O–H groups in total. The molecule has 4 unspecified atom stereocenters. The summed E-state index contributed by atoms with van der Waals surface area (Å²) in [6, 6.07) is 31.4. The van der Waals surface area contributed by atoms with Crippen LogP contribution in [0, 0.1) is 35.5 Å². The Morgan fingerprint density at radius 1 is 0.336 bits per heavy atom. The van der Waals surface area contributed by atoms with Gasteiger partial charge in [-0.3, -0.25) is 0 Å². The molecule has 20 nitrogen and oxygen atoms in total. The van der Waals surface area contributed by atoms with Gasteiger partial charge in [0.25, 0.3) is 0 Å². The number of rotatable bonds is 40. The molecular weight excluding hydrogens is 1470 g/mol. The highest BCUT2D eigenvalue weighted by Crippen LogP contribution is 2.39. The molecular formula is C96H160O20. The van der Waals surface area contributed by atoms with Gasteiger partial charge in [-0.05, 0) is 177 Å². The molecule has 0 bridgehead atoms. The lowest BCUT2D eigenvalue weighted by atomic mass is 9.95. The van der Waals surface area contributed by atoms with Crippen LogP contribution in [0.3, 0.4) is 0 Å². The maximum Gasteiger partial charge on any atom is 0.163 e. The maximum absolute atomic E-state index is 10.7. The van der Waals surface area contributed by atoms with Crippen molar-refractivity contribution in [1.29, 1.82) is 0 Å². The molecule has 0 saturated carbocycles. The van der Waals surface area contributed by atoms with Crippen LogP contribution >= 0.6 is 0 Å². The van der Waals surface area contributed by atoms with Crippen LogP contribution in [0.2, 0.25) is 0 Å².